The van der Waals surface area contributed by atoms with Crippen LogP contribution in [-0.2, 0) is 12.3 Å². The fourth-order valence-electron chi connectivity index (χ4n) is 2.37. The lowest BCUT2D eigenvalue weighted by molar-refractivity contribution is 0.0949. The largest absolute Gasteiger partial charge is 0.352 e. The van der Waals surface area contributed by atoms with Crippen LogP contribution >= 0.6 is 23.1 Å². The second-order valence-corrected chi connectivity index (χ2v) is 7.39. The first-order valence-corrected chi connectivity index (χ1v) is 10.0. The topological polar surface area (TPSA) is 59.8 Å². The third-order valence-electron chi connectivity index (χ3n) is 3.60. The summed E-state index contributed by atoms with van der Waals surface area (Å²) in [6.45, 7) is 3.45. The zero-order chi connectivity index (χ0) is 17.5. The van der Waals surface area contributed by atoms with Gasteiger partial charge < -0.3 is 5.32 Å². The Balaban J connectivity index is 1.51. The fraction of sp³-hybridized carbons (Fsp3) is 0.278. The number of thiazole rings is 1. The summed E-state index contributed by atoms with van der Waals surface area (Å²) in [5.74, 6) is 0.741. The lowest BCUT2D eigenvalue weighted by Crippen LogP contribution is -2.25. The third kappa shape index (κ3) is 5.17. The number of aryl methyl sites for hydroxylation is 2. The standard InChI is InChI=1S/C18H20N4OS2/c1-14-9-21-22(10-14)8-4-7-19-18(23)16-5-2-3-6-17(16)25-12-15-11-24-13-20-15/h2-3,5-6,9-11,13H,4,7-8,12H2,1H3,(H,19,23). The van der Waals surface area contributed by atoms with Gasteiger partial charge in [-0.25, -0.2) is 4.98 Å². The van der Waals surface area contributed by atoms with Gasteiger partial charge in [0.2, 0.25) is 0 Å². The van der Waals surface area contributed by atoms with E-state index in [0.29, 0.717) is 6.54 Å². The van der Waals surface area contributed by atoms with Crippen molar-refractivity contribution < 1.29 is 4.79 Å². The zero-order valence-electron chi connectivity index (χ0n) is 14.0. The lowest BCUT2D eigenvalue weighted by Gasteiger charge is -2.09. The van der Waals surface area contributed by atoms with Crippen LogP contribution in [0.5, 0.6) is 0 Å². The summed E-state index contributed by atoms with van der Waals surface area (Å²) in [5, 5.41) is 9.29. The normalized spacial score (nSPS) is 10.8. The minimum atomic E-state index is -0.0296. The highest BCUT2D eigenvalue weighted by Crippen LogP contribution is 2.26. The smallest absolute Gasteiger partial charge is 0.252 e. The van der Waals surface area contributed by atoms with Crippen molar-refractivity contribution in [3.63, 3.8) is 0 Å². The van der Waals surface area contributed by atoms with Gasteiger partial charge in [0.25, 0.3) is 5.91 Å². The molecule has 2 heterocycles. The number of carbonyl (C=O) groups is 1. The SMILES string of the molecule is Cc1cnn(CCCNC(=O)c2ccccc2SCc2cscn2)c1. The number of carbonyl (C=O) groups excluding carboxylic acids is 1. The molecule has 7 heteroatoms. The minimum Gasteiger partial charge on any atom is -0.352 e. The number of hydrogen-bond acceptors (Lipinski definition) is 5. The molecule has 1 amide bonds. The fourth-order valence-corrected chi connectivity index (χ4v) is 3.98. The van der Waals surface area contributed by atoms with E-state index in [4.69, 9.17) is 0 Å². The average Bonchev–Trinajstić information content (AvgIpc) is 3.28. The van der Waals surface area contributed by atoms with Gasteiger partial charge in [-0.3, -0.25) is 9.48 Å². The Morgan fingerprint density at radius 1 is 1.36 bits per heavy atom. The molecule has 130 valence electrons. The van der Waals surface area contributed by atoms with E-state index in [1.165, 1.54) is 0 Å². The van der Waals surface area contributed by atoms with Crippen molar-refractivity contribution in [1.29, 1.82) is 0 Å². The maximum atomic E-state index is 12.5. The molecule has 0 radical (unpaired) electrons. The quantitative estimate of drug-likeness (QED) is 0.483. The van der Waals surface area contributed by atoms with Gasteiger partial charge in [0.1, 0.15) is 0 Å². The van der Waals surface area contributed by atoms with Gasteiger partial charge in [0.15, 0.2) is 0 Å². The molecule has 0 spiro atoms. The van der Waals surface area contributed by atoms with Crippen molar-refractivity contribution in [2.45, 2.75) is 30.5 Å². The van der Waals surface area contributed by atoms with Crippen LogP contribution in [0.15, 0.2) is 52.4 Å². The predicted octanol–water partition coefficient (Wildman–Crippen LogP) is 3.76. The van der Waals surface area contributed by atoms with Gasteiger partial charge >= 0.3 is 0 Å². The van der Waals surface area contributed by atoms with Crippen LogP contribution < -0.4 is 5.32 Å². The first-order valence-electron chi connectivity index (χ1n) is 8.08. The summed E-state index contributed by atoms with van der Waals surface area (Å²) in [4.78, 5) is 17.7. The number of nitrogens with zero attached hydrogens (tertiary/aromatic N) is 3. The maximum Gasteiger partial charge on any atom is 0.252 e. The highest BCUT2D eigenvalue weighted by Gasteiger charge is 2.11. The number of rotatable bonds is 8. The van der Waals surface area contributed by atoms with Gasteiger partial charge in [-0.1, -0.05) is 12.1 Å². The van der Waals surface area contributed by atoms with Gasteiger partial charge in [-0.15, -0.1) is 23.1 Å². The Labute approximate surface area is 155 Å². The van der Waals surface area contributed by atoms with Crippen molar-refractivity contribution in [2.75, 3.05) is 6.54 Å². The molecule has 1 N–H and O–H groups in total. The highest BCUT2D eigenvalue weighted by molar-refractivity contribution is 7.98. The number of aromatic nitrogens is 3. The summed E-state index contributed by atoms with van der Waals surface area (Å²) < 4.78 is 1.90. The lowest BCUT2D eigenvalue weighted by atomic mass is 10.2. The van der Waals surface area contributed by atoms with E-state index in [1.54, 1.807) is 23.1 Å². The van der Waals surface area contributed by atoms with Gasteiger partial charge in [0, 0.05) is 35.3 Å². The molecule has 0 fully saturated rings. The van der Waals surface area contributed by atoms with Gasteiger partial charge in [0.05, 0.1) is 23.0 Å². The van der Waals surface area contributed by atoms with Crippen LogP contribution in [0.2, 0.25) is 0 Å². The molecule has 5 nitrogen and oxygen atoms in total. The first kappa shape index (κ1) is 17.7. The van der Waals surface area contributed by atoms with Crippen molar-refractivity contribution in [1.82, 2.24) is 20.1 Å². The molecule has 0 saturated heterocycles. The molecule has 0 atom stereocenters. The molecular weight excluding hydrogens is 352 g/mol. The molecule has 0 aliphatic carbocycles. The second kappa shape index (κ2) is 8.82. The summed E-state index contributed by atoms with van der Waals surface area (Å²) in [6.07, 6.45) is 4.70. The summed E-state index contributed by atoms with van der Waals surface area (Å²) in [6, 6.07) is 7.71. The third-order valence-corrected chi connectivity index (χ3v) is 5.34. The molecule has 0 saturated carbocycles. The molecule has 3 aromatic rings. The van der Waals surface area contributed by atoms with Crippen LogP contribution in [0.3, 0.4) is 0 Å². The van der Waals surface area contributed by atoms with Crippen LogP contribution in [0, 0.1) is 6.92 Å². The van der Waals surface area contributed by atoms with E-state index in [1.807, 2.05) is 59.2 Å². The molecular formula is C18H20N4OS2. The van der Waals surface area contributed by atoms with Crippen molar-refractivity contribution in [3.05, 3.63) is 64.4 Å². The molecule has 0 aliphatic rings. The molecule has 0 unspecified atom stereocenters. The minimum absolute atomic E-state index is 0.0296. The van der Waals surface area contributed by atoms with Crippen LogP contribution in [0.1, 0.15) is 28.0 Å². The number of hydrogen-bond donors (Lipinski definition) is 1. The molecule has 0 bridgehead atoms. The van der Waals surface area contributed by atoms with Crippen LogP contribution in [0.4, 0.5) is 0 Å². The van der Waals surface area contributed by atoms with E-state index < -0.39 is 0 Å². The van der Waals surface area contributed by atoms with Gasteiger partial charge in [-0.05, 0) is 31.0 Å². The van der Waals surface area contributed by atoms with E-state index in [2.05, 4.69) is 15.4 Å². The van der Waals surface area contributed by atoms with E-state index in [-0.39, 0.29) is 5.91 Å². The number of thioether (sulfide) groups is 1. The van der Waals surface area contributed by atoms with Gasteiger partial charge in [-0.2, -0.15) is 5.10 Å². The Hall–Kier alpha value is -2.12. The Kier molecular flexibility index (Phi) is 6.25. The second-order valence-electron chi connectivity index (χ2n) is 5.65. The molecule has 0 aliphatic heterocycles. The Morgan fingerprint density at radius 3 is 3.00 bits per heavy atom. The van der Waals surface area contributed by atoms with Crippen LogP contribution in [-0.4, -0.2) is 27.2 Å². The van der Waals surface area contributed by atoms with E-state index >= 15 is 0 Å². The van der Waals surface area contributed by atoms with E-state index in [9.17, 15) is 4.79 Å². The van der Waals surface area contributed by atoms with Crippen molar-refractivity contribution >= 4 is 29.0 Å². The number of nitrogens with one attached hydrogen (secondary N) is 1. The Bertz CT molecular complexity index is 814. The zero-order valence-corrected chi connectivity index (χ0v) is 15.6. The molecule has 25 heavy (non-hydrogen) atoms. The van der Waals surface area contributed by atoms with Crippen molar-refractivity contribution in [2.24, 2.45) is 0 Å². The Morgan fingerprint density at radius 2 is 2.24 bits per heavy atom. The molecule has 2 aromatic heterocycles. The number of amides is 1. The molecule has 3 rings (SSSR count). The van der Waals surface area contributed by atoms with Crippen molar-refractivity contribution in [3.8, 4) is 0 Å². The van der Waals surface area contributed by atoms with Crippen LogP contribution in [0.25, 0.3) is 0 Å². The summed E-state index contributed by atoms with van der Waals surface area (Å²) >= 11 is 3.23. The first-order chi connectivity index (χ1) is 12.2. The summed E-state index contributed by atoms with van der Waals surface area (Å²) in [5.41, 5.74) is 4.74. The average molecular weight is 373 g/mol. The number of benzene rings is 1. The highest BCUT2D eigenvalue weighted by atomic mass is 32.2. The predicted molar refractivity (Wildman–Crippen MR) is 102 cm³/mol. The monoisotopic (exact) mass is 372 g/mol. The summed E-state index contributed by atoms with van der Waals surface area (Å²) in [7, 11) is 0. The maximum absolute atomic E-state index is 12.5. The van der Waals surface area contributed by atoms with E-state index in [0.717, 1.165) is 40.4 Å². The molecule has 1 aromatic carbocycles.